The molecular formula is C17H32N2. The Hall–Kier alpha value is -0.550. The van der Waals surface area contributed by atoms with Gasteiger partial charge >= 0.3 is 0 Å². The van der Waals surface area contributed by atoms with Gasteiger partial charge in [0.25, 0.3) is 0 Å². The van der Waals surface area contributed by atoms with Crippen LogP contribution in [0.2, 0.25) is 0 Å². The Kier molecular flexibility index (Phi) is 7.46. The molecule has 0 radical (unpaired) electrons. The number of hydrogen-bond acceptors (Lipinski definition) is 2. The van der Waals surface area contributed by atoms with Crippen molar-refractivity contribution in [3.8, 4) is 6.07 Å². The minimum Gasteiger partial charge on any atom is -0.297 e. The van der Waals surface area contributed by atoms with E-state index >= 15 is 0 Å². The van der Waals surface area contributed by atoms with E-state index in [1.807, 2.05) is 0 Å². The molecule has 1 saturated carbocycles. The molecule has 2 nitrogen and oxygen atoms in total. The van der Waals surface area contributed by atoms with E-state index in [-0.39, 0.29) is 5.92 Å². The lowest BCUT2D eigenvalue weighted by Gasteiger charge is -2.42. The quantitative estimate of drug-likeness (QED) is 0.628. The number of rotatable bonds is 7. The fourth-order valence-corrected chi connectivity index (χ4v) is 3.47. The van der Waals surface area contributed by atoms with Crippen molar-refractivity contribution in [1.82, 2.24) is 4.90 Å². The second-order valence-corrected chi connectivity index (χ2v) is 6.43. The molecule has 0 aliphatic heterocycles. The lowest BCUT2D eigenvalue weighted by atomic mass is 9.76. The number of nitrogens with zero attached hydrogens (tertiary/aromatic N) is 2. The number of hydrogen-bond donors (Lipinski definition) is 0. The van der Waals surface area contributed by atoms with E-state index in [1.165, 1.54) is 45.1 Å². The number of unbranched alkanes of at least 4 members (excludes halogenated alkanes) is 2. The molecular weight excluding hydrogens is 232 g/mol. The Morgan fingerprint density at radius 1 is 1.21 bits per heavy atom. The van der Waals surface area contributed by atoms with Gasteiger partial charge in [0, 0.05) is 12.1 Å². The van der Waals surface area contributed by atoms with Crippen LogP contribution in [0.1, 0.15) is 72.6 Å². The summed E-state index contributed by atoms with van der Waals surface area (Å²) in [4.78, 5) is 2.62. The van der Waals surface area contributed by atoms with Crippen LogP contribution in [0.3, 0.4) is 0 Å². The maximum Gasteiger partial charge on any atom is 0.0672 e. The van der Waals surface area contributed by atoms with Gasteiger partial charge in [-0.2, -0.15) is 5.26 Å². The maximum absolute atomic E-state index is 9.45. The van der Waals surface area contributed by atoms with Gasteiger partial charge in [-0.25, -0.2) is 0 Å². The Labute approximate surface area is 120 Å². The second kappa shape index (κ2) is 8.59. The van der Waals surface area contributed by atoms with Crippen LogP contribution in [0.5, 0.6) is 0 Å². The molecule has 0 aromatic rings. The molecule has 110 valence electrons. The van der Waals surface area contributed by atoms with Crippen LogP contribution in [0.25, 0.3) is 0 Å². The predicted molar refractivity (Wildman–Crippen MR) is 81.9 cm³/mol. The lowest BCUT2D eigenvalue weighted by Crippen LogP contribution is -2.47. The first kappa shape index (κ1) is 16.5. The van der Waals surface area contributed by atoms with Gasteiger partial charge in [0.2, 0.25) is 0 Å². The van der Waals surface area contributed by atoms with E-state index in [4.69, 9.17) is 0 Å². The third-order valence-corrected chi connectivity index (χ3v) is 4.78. The van der Waals surface area contributed by atoms with Gasteiger partial charge in [-0.05, 0) is 52.0 Å². The molecule has 3 atom stereocenters. The zero-order valence-corrected chi connectivity index (χ0v) is 13.4. The van der Waals surface area contributed by atoms with Crippen LogP contribution >= 0.6 is 0 Å². The predicted octanol–water partition coefficient (Wildman–Crippen LogP) is 4.61. The highest BCUT2D eigenvalue weighted by atomic mass is 15.2. The van der Waals surface area contributed by atoms with Crippen LogP contribution in [0.4, 0.5) is 0 Å². The topological polar surface area (TPSA) is 27.0 Å². The fraction of sp³-hybridized carbons (Fsp3) is 0.941. The SMILES string of the molecule is CCCCCN(C(C)C)C1CC(CC)CCC1C#N. The van der Waals surface area contributed by atoms with Crippen molar-refractivity contribution in [2.75, 3.05) is 6.54 Å². The van der Waals surface area contributed by atoms with E-state index in [9.17, 15) is 5.26 Å². The van der Waals surface area contributed by atoms with Crippen molar-refractivity contribution in [3.05, 3.63) is 0 Å². The first-order valence-corrected chi connectivity index (χ1v) is 8.29. The van der Waals surface area contributed by atoms with Crippen LogP contribution in [-0.4, -0.2) is 23.5 Å². The molecule has 2 heteroatoms. The third kappa shape index (κ3) is 4.80. The minimum atomic E-state index is 0.256. The van der Waals surface area contributed by atoms with Crippen LogP contribution in [0.15, 0.2) is 0 Å². The molecule has 1 rings (SSSR count). The average molecular weight is 264 g/mol. The highest BCUT2D eigenvalue weighted by molar-refractivity contribution is 4.98. The molecule has 3 unspecified atom stereocenters. The van der Waals surface area contributed by atoms with Gasteiger partial charge in [-0.15, -0.1) is 0 Å². The van der Waals surface area contributed by atoms with Gasteiger partial charge in [-0.3, -0.25) is 4.90 Å². The summed E-state index contributed by atoms with van der Waals surface area (Å²) in [6.07, 6.45) is 8.73. The fourth-order valence-electron chi connectivity index (χ4n) is 3.47. The molecule has 1 fully saturated rings. The normalized spacial score (nSPS) is 27.7. The molecule has 19 heavy (non-hydrogen) atoms. The smallest absolute Gasteiger partial charge is 0.0672 e. The van der Waals surface area contributed by atoms with Crippen molar-refractivity contribution in [2.45, 2.75) is 84.7 Å². The molecule has 0 amide bonds. The standard InChI is InChI=1S/C17H32N2/c1-5-7-8-11-19(14(3)4)17-12-15(6-2)9-10-16(17)13-18/h14-17H,5-12H2,1-4H3. The highest BCUT2D eigenvalue weighted by Gasteiger charge is 2.34. The van der Waals surface area contributed by atoms with Gasteiger partial charge < -0.3 is 0 Å². The molecule has 0 saturated heterocycles. The summed E-state index contributed by atoms with van der Waals surface area (Å²) in [6.45, 7) is 10.3. The van der Waals surface area contributed by atoms with E-state index in [1.54, 1.807) is 0 Å². The second-order valence-electron chi connectivity index (χ2n) is 6.43. The minimum absolute atomic E-state index is 0.256. The Morgan fingerprint density at radius 3 is 2.47 bits per heavy atom. The molecule has 1 aliphatic rings. The van der Waals surface area contributed by atoms with Gasteiger partial charge in [0.05, 0.1) is 12.0 Å². The molecule has 0 aromatic carbocycles. The van der Waals surface area contributed by atoms with E-state index in [0.717, 1.165) is 12.3 Å². The van der Waals surface area contributed by atoms with Gasteiger partial charge in [0.1, 0.15) is 0 Å². The average Bonchev–Trinajstić information content (AvgIpc) is 2.42. The zero-order chi connectivity index (χ0) is 14.3. The third-order valence-electron chi connectivity index (χ3n) is 4.78. The van der Waals surface area contributed by atoms with Crippen molar-refractivity contribution in [2.24, 2.45) is 11.8 Å². The van der Waals surface area contributed by atoms with E-state index < -0.39 is 0 Å². The van der Waals surface area contributed by atoms with Crippen LogP contribution in [0, 0.1) is 23.2 Å². The summed E-state index contributed by atoms with van der Waals surface area (Å²) in [5.41, 5.74) is 0. The lowest BCUT2D eigenvalue weighted by molar-refractivity contribution is 0.0715. The molecule has 1 aliphatic carbocycles. The van der Waals surface area contributed by atoms with Crippen LogP contribution < -0.4 is 0 Å². The largest absolute Gasteiger partial charge is 0.297 e. The van der Waals surface area contributed by atoms with Crippen molar-refractivity contribution >= 4 is 0 Å². The highest BCUT2D eigenvalue weighted by Crippen LogP contribution is 2.34. The number of nitriles is 1. The van der Waals surface area contributed by atoms with Gasteiger partial charge in [0.15, 0.2) is 0 Å². The van der Waals surface area contributed by atoms with Gasteiger partial charge in [-0.1, -0.05) is 33.1 Å². The maximum atomic E-state index is 9.45. The summed E-state index contributed by atoms with van der Waals surface area (Å²) in [7, 11) is 0. The van der Waals surface area contributed by atoms with Crippen LogP contribution in [-0.2, 0) is 0 Å². The first-order valence-electron chi connectivity index (χ1n) is 8.29. The Bertz CT molecular complexity index is 279. The Balaban J connectivity index is 2.69. The zero-order valence-electron chi connectivity index (χ0n) is 13.4. The summed E-state index contributed by atoms with van der Waals surface area (Å²) in [5, 5.41) is 9.45. The van der Waals surface area contributed by atoms with E-state index in [2.05, 4.69) is 38.7 Å². The summed E-state index contributed by atoms with van der Waals surface area (Å²) in [6, 6.07) is 3.65. The molecule has 0 bridgehead atoms. The van der Waals surface area contributed by atoms with Crippen molar-refractivity contribution < 1.29 is 0 Å². The Morgan fingerprint density at radius 2 is 1.95 bits per heavy atom. The van der Waals surface area contributed by atoms with Crippen molar-refractivity contribution in [1.29, 1.82) is 5.26 Å². The molecule has 0 N–H and O–H groups in total. The molecule has 0 aromatic heterocycles. The van der Waals surface area contributed by atoms with Crippen molar-refractivity contribution in [3.63, 3.8) is 0 Å². The monoisotopic (exact) mass is 264 g/mol. The summed E-state index contributed by atoms with van der Waals surface area (Å²) < 4.78 is 0. The van der Waals surface area contributed by atoms with E-state index in [0.29, 0.717) is 12.1 Å². The summed E-state index contributed by atoms with van der Waals surface area (Å²) in [5.74, 6) is 1.09. The molecule has 0 heterocycles. The molecule has 0 spiro atoms. The first-order chi connectivity index (χ1) is 9.13. The summed E-state index contributed by atoms with van der Waals surface area (Å²) >= 11 is 0.